The normalized spacial score (nSPS) is 17.1. The molecule has 0 spiro atoms. The monoisotopic (exact) mass is 249 g/mol. The predicted octanol–water partition coefficient (Wildman–Crippen LogP) is 2.30. The highest BCUT2D eigenvalue weighted by molar-refractivity contribution is 5.69. The molecule has 98 valence electrons. The minimum Gasteiger partial charge on any atom is -0.448 e. The largest absolute Gasteiger partial charge is 0.448 e. The van der Waals surface area contributed by atoms with E-state index in [1.165, 1.54) is 10.5 Å². The van der Waals surface area contributed by atoms with Gasteiger partial charge in [0, 0.05) is 0 Å². The average molecular weight is 249 g/mol. The molecule has 1 fully saturated rings. The van der Waals surface area contributed by atoms with Crippen LogP contribution in [0.25, 0.3) is 0 Å². The van der Waals surface area contributed by atoms with Crippen molar-refractivity contribution in [3.05, 3.63) is 35.4 Å². The molecule has 1 aliphatic rings. The van der Waals surface area contributed by atoms with Crippen LogP contribution in [-0.2, 0) is 4.74 Å². The number of aliphatic hydroxyl groups excluding tert-OH is 1. The molecule has 1 atom stereocenters. The van der Waals surface area contributed by atoms with Crippen molar-refractivity contribution in [2.75, 3.05) is 19.7 Å². The highest BCUT2D eigenvalue weighted by Gasteiger charge is 2.24. The topological polar surface area (TPSA) is 49.8 Å². The average Bonchev–Trinajstić information content (AvgIpc) is 2.75. The first kappa shape index (κ1) is 12.9. The van der Waals surface area contributed by atoms with E-state index in [0.29, 0.717) is 25.6 Å². The molecule has 1 N–H and O–H groups in total. The van der Waals surface area contributed by atoms with Gasteiger partial charge in [-0.1, -0.05) is 38.1 Å². The van der Waals surface area contributed by atoms with Crippen LogP contribution in [0.1, 0.15) is 37.0 Å². The van der Waals surface area contributed by atoms with Crippen molar-refractivity contribution in [1.29, 1.82) is 0 Å². The van der Waals surface area contributed by atoms with Gasteiger partial charge in [-0.2, -0.15) is 0 Å². The van der Waals surface area contributed by atoms with Crippen LogP contribution in [0, 0.1) is 0 Å². The maximum Gasteiger partial charge on any atom is 0.410 e. The minimum absolute atomic E-state index is 0.292. The molecular weight excluding hydrogens is 230 g/mol. The van der Waals surface area contributed by atoms with Crippen LogP contribution in [0.5, 0.6) is 0 Å². The van der Waals surface area contributed by atoms with Crippen LogP contribution in [0.3, 0.4) is 0 Å². The van der Waals surface area contributed by atoms with Crippen molar-refractivity contribution in [2.45, 2.75) is 25.9 Å². The Morgan fingerprint density at radius 3 is 2.39 bits per heavy atom. The van der Waals surface area contributed by atoms with E-state index >= 15 is 0 Å². The van der Waals surface area contributed by atoms with E-state index in [1.807, 2.05) is 24.3 Å². The summed E-state index contributed by atoms with van der Waals surface area (Å²) in [7, 11) is 0. The number of hydrogen-bond donors (Lipinski definition) is 1. The van der Waals surface area contributed by atoms with Gasteiger partial charge in [0.15, 0.2) is 0 Å². The quantitative estimate of drug-likeness (QED) is 0.890. The molecule has 1 heterocycles. The number of benzene rings is 1. The summed E-state index contributed by atoms with van der Waals surface area (Å²) < 4.78 is 4.83. The summed E-state index contributed by atoms with van der Waals surface area (Å²) in [5, 5.41) is 10.1. The molecule has 0 bridgehead atoms. The highest BCUT2D eigenvalue weighted by atomic mass is 16.6. The van der Waals surface area contributed by atoms with Crippen molar-refractivity contribution < 1.29 is 14.6 Å². The van der Waals surface area contributed by atoms with Gasteiger partial charge in [0.1, 0.15) is 6.61 Å². The maximum atomic E-state index is 11.3. The van der Waals surface area contributed by atoms with E-state index in [9.17, 15) is 9.90 Å². The summed E-state index contributed by atoms with van der Waals surface area (Å²) in [6, 6.07) is 7.87. The second-order valence-electron chi connectivity index (χ2n) is 4.90. The van der Waals surface area contributed by atoms with Gasteiger partial charge in [-0.3, -0.25) is 0 Å². The van der Waals surface area contributed by atoms with E-state index in [-0.39, 0.29) is 6.09 Å². The van der Waals surface area contributed by atoms with Crippen LogP contribution in [-0.4, -0.2) is 35.8 Å². The zero-order chi connectivity index (χ0) is 13.1. The fourth-order valence-electron chi connectivity index (χ4n) is 2.01. The Bertz CT molecular complexity index is 414. The highest BCUT2D eigenvalue weighted by Crippen LogP contribution is 2.20. The SMILES string of the molecule is CC(C)c1ccc(C(O)CN2CCOC2=O)cc1. The molecule has 18 heavy (non-hydrogen) atoms. The Morgan fingerprint density at radius 1 is 1.28 bits per heavy atom. The number of rotatable bonds is 4. The Kier molecular flexibility index (Phi) is 3.87. The molecule has 4 heteroatoms. The second kappa shape index (κ2) is 5.40. The van der Waals surface area contributed by atoms with Crippen molar-refractivity contribution in [1.82, 2.24) is 4.90 Å². The first-order valence-corrected chi connectivity index (χ1v) is 6.27. The number of carbonyl (C=O) groups excluding carboxylic acids is 1. The molecule has 0 aromatic heterocycles. The van der Waals surface area contributed by atoms with Crippen molar-refractivity contribution >= 4 is 6.09 Å². The summed E-state index contributed by atoms with van der Waals surface area (Å²) in [4.78, 5) is 12.8. The lowest BCUT2D eigenvalue weighted by Crippen LogP contribution is -2.29. The molecular formula is C14H19NO3. The third-order valence-electron chi connectivity index (χ3n) is 3.23. The third-order valence-corrected chi connectivity index (χ3v) is 3.23. The molecule has 2 rings (SSSR count). The number of ether oxygens (including phenoxy) is 1. The maximum absolute atomic E-state index is 11.3. The second-order valence-corrected chi connectivity index (χ2v) is 4.90. The number of aliphatic hydroxyl groups is 1. The smallest absolute Gasteiger partial charge is 0.410 e. The van der Waals surface area contributed by atoms with Crippen LogP contribution in [0.15, 0.2) is 24.3 Å². The standard InChI is InChI=1S/C14H19NO3/c1-10(2)11-3-5-12(6-4-11)13(16)9-15-7-8-18-14(15)17/h3-6,10,13,16H,7-9H2,1-2H3. The van der Waals surface area contributed by atoms with Gasteiger partial charge in [-0.25, -0.2) is 4.79 Å². The molecule has 1 saturated heterocycles. The first-order valence-electron chi connectivity index (χ1n) is 6.27. The van der Waals surface area contributed by atoms with Crippen LogP contribution in [0.4, 0.5) is 4.79 Å². The van der Waals surface area contributed by atoms with Crippen molar-refractivity contribution in [3.8, 4) is 0 Å². The zero-order valence-corrected chi connectivity index (χ0v) is 10.8. The number of β-amino-alcohol motifs (C(OH)–C–C–N with tert-alkyl or cyclic N) is 1. The molecule has 0 saturated carbocycles. The zero-order valence-electron chi connectivity index (χ0n) is 10.8. The Labute approximate surface area is 107 Å². The molecule has 0 aliphatic carbocycles. The summed E-state index contributed by atoms with van der Waals surface area (Å²) in [5.74, 6) is 0.477. The summed E-state index contributed by atoms with van der Waals surface area (Å²) >= 11 is 0. The Morgan fingerprint density at radius 2 is 1.89 bits per heavy atom. The summed E-state index contributed by atoms with van der Waals surface area (Å²) in [5.41, 5.74) is 2.07. The summed E-state index contributed by atoms with van der Waals surface area (Å²) in [6.45, 7) is 5.52. The van der Waals surface area contributed by atoms with Gasteiger partial charge < -0.3 is 14.7 Å². The third kappa shape index (κ3) is 2.82. The van der Waals surface area contributed by atoms with Gasteiger partial charge >= 0.3 is 6.09 Å². The number of hydrogen-bond acceptors (Lipinski definition) is 3. The van der Waals surface area contributed by atoms with Gasteiger partial charge in [0.05, 0.1) is 19.2 Å². The number of carbonyl (C=O) groups is 1. The number of cyclic esters (lactones) is 1. The predicted molar refractivity (Wildman–Crippen MR) is 68.4 cm³/mol. The first-order chi connectivity index (χ1) is 8.58. The fraction of sp³-hybridized carbons (Fsp3) is 0.500. The number of amides is 1. The van der Waals surface area contributed by atoms with E-state index < -0.39 is 6.10 Å². The van der Waals surface area contributed by atoms with Crippen LogP contribution in [0.2, 0.25) is 0 Å². The molecule has 1 amide bonds. The lowest BCUT2D eigenvalue weighted by molar-refractivity contribution is 0.118. The van der Waals surface area contributed by atoms with E-state index in [4.69, 9.17) is 4.74 Å². The molecule has 1 unspecified atom stereocenters. The van der Waals surface area contributed by atoms with Gasteiger partial charge in [-0.05, 0) is 17.0 Å². The lowest BCUT2D eigenvalue weighted by atomic mass is 10.00. The molecule has 4 nitrogen and oxygen atoms in total. The minimum atomic E-state index is -0.656. The van der Waals surface area contributed by atoms with E-state index in [2.05, 4.69) is 13.8 Å². The Balaban J connectivity index is 2.00. The van der Waals surface area contributed by atoms with Crippen LogP contribution >= 0.6 is 0 Å². The molecule has 1 aromatic carbocycles. The van der Waals surface area contributed by atoms with Crippen LogP contribution < -0.4 is 0 Å². The Hall–Kier alpha value is -1.55. The number of nitrogens with zero attached hydrogens (tertiary/aromatic N) is 1. The van der Waals surface area contributed by atoms with Gasteiger partial charge in [0.2, 0.25) is 0 Å². The molecule has 1 aliphatic heterocycles. The van der Waals surface area contributed by atoms with Crippen molar-refractivity contribution in [3.63, 3.8) is 0 Å². The van der Waals surface area contributed by atoms with Gasteiger partial charge in [-0.15, -0.1) is 0 Å². The van der Waals surface area contributed by atoms with E-state index in [1.54, 1.807) is 0 Å². The fourth-order valence-corrected chi connectivity index (χ4v) is 2.01. The van der Waals surface area contributed by atoms with Crippen molar-refractivity contribution in [2.24, 2.45) is 0 Å². The van der Waals surface area contributed by atoms with Gasteiger partial charge in [0.25, 0.3) is 0 Å². The molecule has 1 aromatic rings. The van der Waals surface area contributed by atoms with E-state index in [0.717, 1.165) is 5.56 Å². The molecule has 0 radical (unpaired) electrons. The summed E-state index contributed by atoms with van der Waals surface area (Å²) in [6.07, 6.45) is -0.996. The lowest BCUT2D eigenvalue weighted by Gasteiger charge is -2.18.